The highest BCUT2D eigenvalue weighted by Crippen LogP contribution is 2.31. The highest BCUT2D eigenvalue weighted by atomic mass is 79.9. The first kappa shape index (κ1) is 10.6. The van der Waals surface area contributed by atoms with Crippen molar-refractivity contribution in [2.45, 2.75) is 18.9 Å². The maximum Gasteiger partial charge on any atom is 0.287 e. The Hall–Kier alpha value is -0.480. The van der Waals surface area contributed by atoms with E-state index in [-0.39, 0.29) is 5.56 Å². The molecule has 1 aromatic carbocycles. The van der Waals surface area contributed by atoms with Gasteiger partial charge >= 0.3 is 0 Å². The van der Waals surface area contributed by atoms with Crippen LogP contribution in [0.4, 0.5) is 8.78 Å². The van der Waals surface area contributed by atoms with Gasteiger partial charge in [0, 0.05) is 10.0 Å². The standard InChI is InChI=1S/C9H10BrF2N/c1-6(13)9(11,12)7-2-4-8(10)5-3-7/h2-6H,13H2,1H3. The van der Waals surface area contributed by atoms with Crippen LogP contribution >= 0.6 is 15.9 Å². The lowest BCUT2D eigenvalue weighted by Crippen LogP contribution is -2.35. The smallest absolute Gasteiger partial charge is 0.287 e. The second-order valence-corrected chi connectivity index (χ2v) is 3.83. The quantitative estimate of drug-likeness (QED) is 0.858. The minimum atomic E-state index is -2.96. The maximum absolute atomic E-state index is 13.3. The molecule has 13 heavy (non-hydrogen) atoms. The zero-order chi connectivity index (χ0) is 10.1. The fourth-order valence-corrected chi connectivity index (χ4v) is 1.20. The van der Waals surface area contributed by atoms with Gasteiger partial charge in [0.25, 0.3) is 5.92 Å². The van der Waals surface area contributed by atoms with Gasteiger partial charge in [-0.2, -0.15) is 8.78 Å². The summed E-state index contributed by atoms with van der Waals surface area (Å²) >= 11 is 3.17. The van der Waals surface area contributed by atoms with Gasteiger partial charge in [-0.1, -0.05) is 28.1 Å². The summed E-state index contributed by atoms with van der Waals surface area (Å²) in [5, 5.41) is 0. The average Bonchev–Trinajstić information content (AvgIpc) is 2.04. The topological polar surface area (TPSA) is 26.0 Å². The molecule has 0 aliphatic carbocycles. The van der Waals surface area contributed by atoms with E-state index in [4.69, 9.17) is 5.73 Å². The van der Waals surface area contributed by atoms with Gasteiger partial charge < -0.3 is 5.73 Å². The lowest BCUT2D eigenvalue weighted by atomic mass is 10.0. The van der Waals surface area contributed by atoms with E-state index in [9.17, 15) is 8.78 Å². The molecule has 0 bridgehead atoms. The molecule has 0 radical (unpaired) electrons. The van der Waals surface area contributed by atoms with Crippen molar-refractivity contribution in [1.82, 2.24) is 0 Å². The van der Waals surface area contributed by atoms with Crippen LogP contribution in [0.2, 0.25) is 0 Å². The first-order valence-corrected chi connectivity index (χ1v) is 4.63. The van der Waals surface area contributed by atoms with Gasteiger partial charge in [0.2, 0.25) is 0 Å². The van der Waals surface area contributed by atoms with Crippen LogP contribution in [0, 0.1) is 0 Å². The summed E-state index contributed by atoms with van der Waals surface area (Å²) in [4.78, 5) is 0. The van der Waals surface area contributed by atoms with Crippen LogP contribution in [0.1, 0.15) is 12.5 Å². The molecule has 0 aliphatic rings. The molecule has 72 valence electrons. The Balaban J connectivity index is 3.01. The van der Waals surface area contributed by atoms with Gasteiger partial charge in [-0.3, -0.25) is 0 Å². The molecule has 0 saturated carbocycles. The maximum atomic E-state index is 13.3. The molecule has 4 heteroatoms. The lowest BCUT2D eigenvalue weighted by Gasteiger charge is -2.20. The van der Waals surface area contributed by atoms with E-state index in [0.717, 1.165) is 4.47 Å². The van der Waals surface area contributed by atoms with Crippen molar-refractivity contribution in [3.63, 3.8) is 0 Å². The van der Waals surface area contributed by atoms with E-state index < -0.39 is 12.0 Å². The predicted molar refractivity (Wildman–Crippen MR) is 51.7 cm³/mol. The van der Waals surface area contributed by atoms with Gasteiger partial charge in [-0.25, -0.2) is 0 Å². The van der Waals surface area contributed by atoms with Crippen molar-refractivity contribution in [3.05, 3.63) is 34.3 Å². The third kappa shape index (κ3) is 2.25. The Morgan fingerprint density at radius 3 is 2.15 bits per heavy atom. The van der Waals surface area contributed by atoms with Gasteiger partial charge in [-0.05, 0) is 19.1 Å². The summed E-state index contributed by atoms with van der Waals surface area (Å²) in [5.41, 5.74) is 5.13. The van der Waals surface area contributed by atoms with Crippen LogP contribution < -0.4 is 5.73 Å². The van der Waals surface area contributed by atoms with Crippen molar-refractivity contribution >= 4 is 15.9 Å². The molecule has 0 fully saturated rings. The summed E-state index contributed by atoms with van der Waals surface area (Å²) in [6, 6.07) is 4.71. The highest BCUT2D eigenvalue weighted by Gasteiger charge is 2.35. The lowest BCUT2D eigenvalue weighted by molar-refractivity contribution is -0.0256. The van der Waals surface area contributed by atoms with E-state index in [1.165, 1.54) is 19.1 Å². The predicted octanol–water partition coefficient (Wildman–Crippen LogP) is 2.89. The molecule has 2 N–H and O–H groups in total. The third-order valence-electron chi connectivity index (χ3n) is 1.80. The van der Waals surface area contributed by atoms with E-state index in [1.807, 2.05) is 0 Å². The molecule has 1 rings (SSSR count). The first-order valence-electron chi connectivity index (χ1n) is 3.84. The largest absolute Gasteiger partial charge is 0.323 e. The van der Waals surface area contributed by atoms with Gasteiger partial charge in [0.1, 0.15) is 0 Å². The molecule has 1 atom stereocenters. The second-order valence-electron chi connectivity index (χ2n) is 2.92. The van der Waals surface area contributed by atoms with Crippen LogP contribution in [0.15, 0.2) is 28.7 Å². The Bertz CT molecular complexity index is 282. The first-order chi connectivity index (χ1) is 5.94. The number of alkyl halides is 2. The Morgan fingerprint density at radius 1 is 1.31 bits per heavy atom. The van der Waals surface area contributed by atoms with Crippen LogP contribution in [0.3, 0.4) is 0 Å². The molecular formula is C9H10BrF2N. The van der Waals surface area contributed by atoms with E-state index in [1.54, 1.807) is 12.1 Å². The summed E-state index contributed by atoms with van der Waals surface area (Å²) in [5.74, 6) is -2.96. The molecule has 0 aliphatic heterocycles. The summed E-state index contributed by atoms with van der Waals surface area (Å²) in [6.45, 7) is 1.29. The Morgan fingerprint density at radius 2 is 1.77 bits per heavy atom. The van der Waals surface area contributed by atoms with E-state index in [2.05, 4.69) is 15.9 Å². The van der Waals surface area contributed by atoms with Gasteiger partial charge in [-0.15, -0.1) is 0 Å². The summed E-state index contributed by atoms with van der Waals surface area (Å²) in [6.07, 6.45) is 0. The number of nitrogens with two attached hydrogens (primary N) is 1. The minimum Gasteiger partial charge on any atom is -0.323 e. The highest BCUT2D eigenvalue weighted by molar-refractivity contribution is 9.10. The summed E-state index contributed by atoms with van der Waals surface area (Å²) < 4.78 is 27.3. The van der Waals surface area contributed by atoms with Crippen LogP contribution in [0.5, 0.6) is 0 Å². The molecule has 0 aromatic heterocycles. The molecule has 0 saturated heterocycles. The Kier molecular flexibility index (Phi) is 3.03. The molecule has 0 amide bonds. The van der Waals surface area contributed by atoms with E-state index in [0.29, 0.717) is 0 Å². The molecule has 0 heterocycles. The summed E-state index contributed by atoms with van der Waals surface area (Å²) in [7, 11) is 0. The monoisotopic (exact) mass is 249 g/mol. The minimum absolute atomic E-state index is 0.0503. The number of halogens is 3. The van der Waals surface area contributed by atoms with Crippen molar-refractivity contribution in [3.8, 4) is 0 Å². The fraction of sp³-hybridized carbons (Fsp3) is 0.333. The van der Waals surface area contributed by atoms with Gasteiger partial charge in [0.05, 0.1) is 6.04 Å². The Labute approximate surface area is 84.1 Å². The number of benzene rings is 1. The van der Waals surface area contributed by atoms with Crippen molar-refractivity contribution < 1.29 is 8.78 Å². The van der Waals surface area contributed by atoms with Crippen molar-refractivity contribution in [2.75, 3.05) is 0 Å². The fourth-order valence-electron chi connectivity index (χ4n) is 0.935. The zero-order valence-electron chi connectivity index (χ0n) is 7.10. The van der Waals surface area contributed by atoms with Crippen LogP contribution in [0.25, 0.3) is 0 Å². The number of hydrogen-bond acceptors (Lipinski definition) is 1. The second kappa shape index (κ2) is 3.72. The molecule has 0 spiro atoms. The van der Waals surface area contributed by atoms with Crippen molar-refractivity contribution in [1.29, 1.82) is 0 Å². The third-order valence-corrected chi connectivity index (χ3v) is 2.33. The zero-order valence-corrected chi connectivity index (χ0v) is 8.68. The van der Waals surface area contributed by atoms with Crippen molar-refractivity contribution in [2.24, 2.45) is 5.73 Å². The molecule has 1 aromatic rings. The average molecular weight is 250 g/mol. The molecular weight excluding hydrogens is 240 g/mol. The van der Waals surface area contributed by atoms with Gasteiger partial charge in [0.15, 0.2) is 0 Å². The molecule has 1 unspecified atom stereocenters. The van der Waals surface area contributed by atoms with Crippen LogP contribution in [-0.2, 0) is 5.92 Å². The SMILES string of the molecule is CC(N)C(F)(F)c1ccc(Br)cc1. The normalized spacial score (nSPS) is 14.2. The number of hydrogen-bond donors (Lipinski definition) is 1. The van der Waals surface area contributed by atoms with E-state index >= 15 is 0 Å². The molecule has 1 nitrogen and oxygen atoms in total. The number of rotatable bonds is 2. The van der Waals surface area contributed by atoms with Crippen LogP contribution in [-0.4, -0.2) is 6.04 Å².